The maximum atomic E-state index is 12.7. The van der Waals surface area contributed by atoms with Crippen LogP contribution >= 0.6 is 15.9 Å². The largest absolute Gasteiger partial charge is 0.390 e. The molecule has 1 fully saturated rings. The predicted octanol–water partition coefficient (Wildman–Crippen LogP) is 2.94. The summed E-state index contributed by atoms with van der Waals surface area (Å²) < 4.78 is 1.91. The number of aliphatic hydroxyl groups is 1. The number of β-lactam (4-membered cyclic amide) rings is 1. The van der Waals surface area contributed by atoms with Gasteiger partial charge in [-0.1, -0.05) is 49.8 Å². The smallest absolute Gasteiger partial charge is 0.223 e. The third kappa shape index (κ3) is 3.12. The molecule has 1 aliphatic heterocycles. The number of hydrogen-bond acceptors (Lipinski definition) is 3. The van der Waals surface area contributed by atoms with Crippen LogP contribution in [0.2, 0.25) is 18.1 Å². The average Bonchev–Trinajstić information content (AvgIpc) is 2.20. The van der Waals surface area contributed by atoms with Crippen molar-refractivity contribution < 1.29 is 14.7 Å². The third-order valence-electron chi connectivity index (χ3n) is 5.03. The summed E-state index contributed by atoms with van der Waals surface area (Å²) in [7, 11) is -2.09. The van der Waals surface area contributed by atoms with Gasteiger partial charge in [-0.05, 0) is 25.8 Å². The molecule has 1 saturated heterocycles. The number of alkyl halides is 1. The van der Waals surface area contributed by atoms with Crippen molar-refractivity contribution in [3.8, 4) is 0 Å². The zero-order chi connectivity index (χ0) is 17.0. The van der Waals surface area contributed by atoms with Gasteiger partial charge in [-0.3, -0.25) is 9.59 Å². The molecule has 0 spiro atoms. The second kappa shape index (κ2) is 5.46. The Morgan fingerprint density at radius 2 is 1.71 bits per heavy atom. The van der Waals surface area contributed by atoms with Crippen LogP contribution in [0.4, 0.5) is 0 Å². The Kier molecular flexibility index (Phi) is 4.90. The van der Waals surface area contributed by atoms with Gasteiger partial charge in [-0.25, -0.2) is 0 Å². The number of halogens is 1. The minimum atomic E-state index is -2.09. The molecule has 0 aliphatic carbocycles. The van der Waals surface area contributed by atoms with Crippen molar-refractivity contribution in [3.05, 3.63) is 0 Å². The molecule has 3 atom stereocenters. The van der Waals surface area contributed by atoms with Crippen molar-refractivity contribution in [3.63, 3.8) is 0 Å². The Labute approximate surface area is 137 Å². The molecule has 1 aliphatic rings. The Morgan fingerprint density at radius 1 is 1.29 bits per heavy atom. The molecule has 0 saturated carbocycles. The van der Waals surface area contributed by atoms with Crippen molar-refractivity contribution in [2.45, 2.75) is 76.1 Å². The molecule has 1 N–H and O–H groups in total. The highest BCUT2D eigenvalue weighted by molar-refractivity contribution is 9.10. The zero-order valence-corrected chi connectivity index (χ0v) is 16.9. The molecule has 4 nitrogen and oxygen atoms in total. The Bertz CT molecular complexity index is 451. The van der Waals surface area contributed by atoms with E-state index in [9.17, 15) is 14.7 Å². The first-order valence-electron chi connectivity index (χ1n) is 7.34. The van der Waals surface area contributed by atoms with Gasteiger partial charge in [0, 0.05) is 0 Å². The van der Waals surface area contributed by atoms with Crippen LogP contribution < -0.4 is 0 Å². The summed E-state index contributed by atoms with van der Waals surface area (Å²) >= 11 is 3.45. The van der Waals surface area contributed by atoms with Crippen LogP contribution in [0.3, 0.4) is 0 Å². The van der Waals surface area contributed by atoms with Crippen LogP contribution in [-0.4, -0.2) is 46.1 Å². The van der Waals surface area contributed by atoms with Crippen LogP contribution in [0.5, 0.6) is 0 Å². The van der Waals surface area contributed by atoms with Crippen molar-refractivity contribution in [2.75, 3.05) is 0 Å². The van der Waals surface area contributed by atoms with Gasteiger partial charge in [0.25, 0.3) is 0 Å². The maximum Gasteiger partial charge on any atom is 0.223 e. The summed E-state index contributed by atoms with van der Waals surface area (Å²) in [4.78, 5) is 24.1. The number of carbonyl (C=O) groups is 2. The van der Waals surface area contributed by atoms with E-state index in [1.54, 1.807) is 13.8 Å². The minimum Gasteiger partial charge on any atom is -0.390 e. The molecule has 0 radical (unpaired) electrons. The molecule has 122 valence electrons. The highest BCUT2D eigenvalue weighted by Gasteiger charge is 2.63. The first-order chi connectivity index (χ1) is 9.14. The van der Waals surface area contributed by atoms with Gasteiger partial charge in [0.1, 0.15) is 5.78 Å². The van der Waals surface area contributed by atoms with E-state index in [0.717, 1.165) is 0 Å². The van der Waals surface area contributed by atoms with E-state index >= 15 is 0 Å². The number of carbonyl (C=O) groups excluding carboxylic acids is 2. The topological polar surface area (TPSA) is 57.6 Å². The molecule has 0 bridgehead atoms. The zero-order valence-electron chi connectivity index (χ0n) is 14.3. The molecule has 0 aromatic heterocycles. The molecular formula is C15H28BrNO3Si. The van der Waals surface area contributed by atoms with E-state index < -0.39 is 24.6 Å². The Balaban J connectivity index is 3.28. The molecule has 1 amide bonds. The molecule has 1 heterocycles. The van der Waals surface area contributed by atoms with E-state index in [1.165, 1.54) is 6.92 Å². The van der Waals surface area contributed by atoms with Crippen molar-refractivity contribution in [1.29, 1.82) is 0 Å². The van der Waals surface area contributed by atoms with E-state index in [2.05, 4.69) is 49.8 Å². The monoisotopic (exact) mass is 377 g/mol. The van der Waals surface area contributed by atoms with E-state index in [-0.39, 0.29) is 22.8 Å². The fourth-order valence-corrected chi connectivity index (χ4v) is 6.00. The number of amides is 1. The highest BCUT2D eigenvalue weighted by atomic mass is 79.9. The molecule has 1 rings (SSSR count). The first kappa shape index (κ1) is 18.8. The van der Waals surface area contributed by atoms with E-state index in [4.69, 9.17) is 0 Å². The lowest BCUT2D eigenvalue weighted by molar-refractivity contribution is -0.163. The van der Waals surface area contributed by atoms with Gasteiger partial charge in [-0.2, -0.15) is 0 Å². The fourth-order valence-electron chi connectivity index (χ4n) is 2.78. The van der Waals surface area contributed by atoms with Gasteiger partial charge in [-0.15, -0.1) is 0 Å². The van der Waals surface area contributed by atoms with Gasteiger partial charge in [0.15, 0.2) is 8.24 Å². The summed E-state index contributed by atoms with van der Waals surface area (Å²) in [6, 6.07) is -0.268. The number of ketones is 1. The summed E-state index contributed by atoms with van der Waals surface area (Å²) in [5, 5.41) is 10.3. The van der Waals surface area contributed by atoms with Crippen LogP contribution in [-0.2, 0) is 9.59 Å². The number of hydrogen-bond donors (Lipinski definition) is 1. The lowest BCUT2D eigenvalue weighted by Gasteiger charge is -2.61. The molecule has 1 unspecified atom stereocenters. The van der Waals surface area contributed by atoms with Gasteiger partial charge in [0.2, 0.25) is 5.91 Å². The fraction of sp³-hybridized carbons (Fsp3) is 0.867. The van der Waals surface area contributed by atoms with Crippen molar-refractivity contribution >= 4 is 35.9 Å². The Morgan fingerprint density at radius 3 is 2.00 bits per heavy atom. The minimum absolute atomic E-state index is 0.00497. The molecule has 6 heteroatoms. The van der Waals surface area contributed by atoms with E-state index in [0.29, 0.717) is 0 Å². The third-order valence-corrected chi connectivity index (χ3v) is 11.6. The summed E-state index contributed by atoms with van der Waals surface area (Å²) in [5.74, 6) is -0.560. The van der Waals surface area contributed by atoms with Crippen LogP contribution in [0, 0.1) is 5.92 Å². The highest BCUT2D eigenvalue weighted by Crippen LogP contribution is 2.49. The summed E-state index contributed by atoms with van der Waals surface area (Å²) in [6.07, 6.45) is 0. The quantitative estimate of drug-likeness (QED) is 0.465. The molecule has 0 aromatic rings. The molecule has 0 aromatic carbocycles. The van der Waals surface area contributed by atoms with Gasteiger partial charge < -0.3 is 9.67 Å². The number of rotatable bonds is 4. The number of nitrogens with zero attached hydrogens (tertiary/aromatic N) is 1. The van der Waals surface area contributed by atoms with Gasteiger partial charge >= 0.3 is 0 Å². The van der Waals surface area contributed by atoms with Crippen LogP contribution in [0.1, 0.15) is 41.5 Å². The average molecular weight is 378 g/mol. The first-order valence-corrected chi connectivity index (χ1v) is 11.2. The van der Waals surface area contributed by atoms with Gasteiger partial charge in [0.05, 0.1) is 22.4 Å². The normalized spacial score (nSPS) is 25.6. The van der Waals surface area contributed by atoms with Crippen molar-refractivity contribution in [1.82, 2.24) is 4.57 Å². The van der Waals surface area contributed by atoms with E-state index in [1.807, 2.05) is 4.57 Å². The van der Waals surface area contributed by atoms with Crippen molar-refractivity contribution in [2.24, 2.45) is 5.92 Å². The lowest BCUT2D eigenvalue weighted by Crippen LogP contribution is -2.78. The van der Waals surface area contributed by atoms with Crippen LogP contribution in [0.15, 0.2) is 0 Å². The lowest BCUT2D eigenvalue weighted by atomic mass is 9.76. The predicted molar refractivity (Wildman–Crippen MR) is 91.0 cm³/mol. The standard InChI is InChI=1S/C15H28BrNO3Si/c1-9(18)11(16)12-10(15(5,6)20)13(19)17(12)21(7,8)14(2,3)4/h10-12,20H,1-8H3/t10-,11?,12-/m1/s1. The summed E-state index contributed by atoms with van der Waals surface area (Å²) in [6.45, 7) is 15.5. The molecule has 21 heavy (non-hydrogen) atoms. The SMILES string of the molecule is CC(=O)C(Br)[C@H]1[C@@H](C(C)(C)O)C(=O)N1[Si](C)(C)C(C)(C)C. The molecular weight excluding hydrogens is 350 g/mol. The second-order valence-corrected chi connectivity index (χ2v) is 14.2. The summed E-state index contributed by atoms with van der Waals surface area (Å²) in [5.41, 5.74) is -1.12. The Hall–Kier alpha value is -0.203. The number of Topliss-reactive ketones (excluding diaryl/α,β-unsaturated/α-hetero) is 1. The maximum absolute atomic E-state index is 12.7. The van der Waals surface area contributed by atoms with Crippen LogP contribution in [0.25, 0.3) is 0 Å². The second-order valence-electron chi connectivity index (χ2n) is 8.15.